The summed E-state index contributed by atoms with van der Waals surface area (Å²) in [6.45, 7) is 1.22. The molecular weight excluding hydrogens is 310 g/mol. The molecule has 1 atom stereocenters. The molecule has 3 rings (SSSR count). The second-order valence-electron chi connectivity index (χ2n) is 6.77. The molecule has 0 aliphatic heterocycles. The van der Waals surface area contributed by atoms with Crippen LogP contribution in [0, 0.1) is 11.8 Å². The Morgan fingerprint density at radius 1 is 1.15 bits per heavy atom. The van der Waals surface area contributed by atoms with Crippen molar-refractivity contribution in [1.82, 2.24) is 5.32 Å². The highest BCUT2D eigenvalue weighted by molar-refractivity contribution is 9.10. The summed E-state index contributed by atoms with van der Waals surface area (Å²) < 4.78 is 1.21. The maximum atomic E-state index is 3.75. The minimum absolute atomic E-state index is 0.813. The molecule has 1 nitrogen and oxygen atoms in total. The van der Waals surface area contributed by atoms with Gasteiger partial charge in [0.15, 0.2) is 0 Å². The van der Waals surface area contributed by atoms with Crippen molar-refractivity contribution in [2.24, 2.45) is 11.8 Å². The van der Waals surface area contributed by atoms with Gasteiger partial charge in [0.25, 0.3) is 0 Å². The van der Waals surface area contributed by atoms with E-state index in [1.165, 1.54) is 67.9 Å². The molecule has 0 saturated heterocycles. The van der Waals surface area contributed by atoms with E-state index < -0.39 is 0 Å². The molecule has 110 valence electrons. The Morgan fingerprint density at radius 3 is 2.65 bits per heavy atom. The maximum Gasteiger partial charge on any atom is 0.0177 e. The van der Waals surface area contributed by atoms with Gasteiger partial charge in [0.05, 0.1) is 0 Å². The van der Waals surface area contributed by atoms with Crippen molar-refractivity contribution >= 4 is 15.9 Å². The molecule has 1 aromatic carbocycles. The van der Waals surface area contributed by atoms with Gasteiger partial charge in [-0.2, -0.15) is 0 Å². The number of hydrogen-bond donors (Lipinski definition) is 1. The minimum atomic E-state index is 0.813. The Labute approximate surface area is 131 Å². The molecule has 0 heterocycles. The standard InChI is InChI=1S/C18H26BrN/c19-17-7-3-6-15(12-17)11-16(13-20-18-8-9-18)10-14-4-1-2-5-14/h3,6-7,12,14,16,18,20H,1-2,4-5,8-11,13H2. The first-order valence-electron chi connectivity index (χ1n) is 8.27. The fourth-order valence-corrected chi connectivity index (χ4v) is 4.02. The van der Waals surface area contributed by atoms with Crippen molar-refractivity contribution in [1.29, 1.82) is 0 Å². The Balaban J connectivity index is 1.57. The van der Waals surface area contributed by atoms with Gasteiger partial charge in [0, 0.05) is 10.5 Å². The Morgan fingerprint density at radius 2 is 1.95 bits per heavy atom. The lowest BCUT2D eigenvalue weighted by Crippen LogP contribution is -2.27. The van der Waals surface area contributed by atoms with E-state index in [9.17, 15) is 0 Å². The maximum absolute atomic E-state index is 3.75. The van der Waals surface area contributed by atoms with Crippen molar-refractivity contribution in [2.45, 2.75) is 57.4 Å². The summed E-state index contributed by atoms with van der Waals surface area (Å²) in [4.78, 5) is 0. The van der Waals surface area contributed by atoms with E-state index >= 15 is 0 Å². The zero-order valence-electron chi connectivity index (χ0n) is 12.3. The Kier molecular flexibility index (Phi) is 5.17. The summed E-state index contributed by atoms with van der Waals surface area (Å²) in [5.74, 6) is 1.81. The topological polar surface area (TPSA) is 12.0 Å². The van der Waals surface area contributed by atoms with Gasteiger partial charge >= 0.3 is 0 Å². The predicted molar refractivity (Wildman–Crippen MR) is 88.9 cm³/mol. The van der Waals surface area contributed by atoms with Crippen LogP contribution in [-0.2, 0) is 6.42 Å². The molecule has 1 aromatic rings. The molecule has 2 heteroatoms. The van der Waals surface area contributed by atoms with Gasteiger partial charge in [-0.25, -0.2) is 0 Å². The van der Waals surface area contributed by atoms with Crippen molar-refractivity contribution in [3.8, 4) is 0 Å². The zero-order chi connectivity index (χ0) is 13.8. The molecule has 2 aliphatic rings. The van der Waals surface area contributed by atoms with Crippen LogP contribution in [0.1, 0.15) is 50.5 Å². The van der Waals surface area contributed by atoms with Crippen LogP contribution < -0.4 is 5.32 Å². The number of benzene rings is 1. The molecule has 0 bridgehead atoms. The van der Waals surface area contributed by atoms with Crippen LogP contribution in [0.3, 0.4) is 0 Å². The number of nitrogens with one attached hydrogen (secondary N) is 1. The minimum Gasteiger partial charge on any atom is -0.314 e. The number of halogens is 1. The molecule has 2 saturated carbocycles. The van der Waals surface area contributed by atoms with Crippen molar-refractivity contribution in [3.05, 3.63) is 34.3 Å². The molecule has 0 spiro atoms. The average Bonchev–Trinajstić information content (AvgIpc) is 3.12. The molecule has 20 heavy (non-hydrogen) atoms. The van der Waals surface area contributed by atoms with E-state index in [1.807, 2.05) is 0 Å². The summed E-state index contributed by atoms with van der Waals surface area (Å²) in [5.41, 5.74) is 1.49. The monoisotopic (exact) mass is 335 g/mol. The van der Waals surface area contributed by atoms with Crippen molar-refractivity contribution in [3.63, 3.8) is 0 Å². The van der Waals surface area contributed by atoms with Crippen LogP contribution in [0.25, 0.3) is 0 Å². The fraction of sp³-hybridized carbons (Fsp3) is 0.667. The van der Waals surface area contributed by atoms with Crippen molar-refractivity contribution in [2.75, 3.05) is 6.54 Å². The van der Waals surface area contributed by atoms with Gasteiger partial charge in [-0.15, -0.1) is 0 Å². The molecular formula is C18H26BrN. The summed E-state index contributed by atoms with van der Waals surface area (Å²) >= 11 is 3.60. The summed E-state index contributed by atoms with van der Waals surface area (Å²) in [6.07, 6.45) is 11.3. The van der Waals surface area contributed by atoms with E-state index in [1.54, 1.807) is 0 Å². The molecule has 2 fully saturated rings. The van der Waals surface area contributed by atoms with E-state index in [0.717, 1.165) is 17.9 Å². The number of rotatable bonds is 7. The highest BCUT2D eigenvalue weighted by Gasteiger charge is 2.24. The lowest BCUT2D eigenvalue weighted by molar-refractivity contribution is 0.356. The van der Waals surface area contributed by atoms with Crippen molar-refractivity contribution < 1.29 is 0 Å². The second kappa shape index (κ2) is 7.09. The van der Waals surface area contributed by atoms with Gasteiger partial charge in [-0.3, -0.25) is 0 Å². The third kappa shape index (κ3) is 4.60. The lowest BCUT2D eigenvalue weighted by Gasteiger charge is -2.21. The van der Waals surface area contributed by atoms with Gasteiger partial charge in [0.2, 0.25) is 0 Å². The van der Waals surface area contributed by atoms with E-state index in [4.69, 9.17) is 0 Å². The fourth-order valence-electron chi connectivity index (χ4n) is 3.57. The summed E-state index contributed by atoms with van der Waals surface area (Å²) in [7, 11) is 0. The highest BCUT2D eigenvalue weighted by Crippen LogP contribution is 2.32. The van der Waals surface area contributed by atoms with Gasteiger partial charge in [0.1, 0.15) is 0 Å². The SMILES string of the molecule is Brc1cccc(CC(CNC2CC2)CC2CCCC2)c1. The molecule has 0 radical (unpaired) electrons. The number of hydrogen-bond acceptors (Lipinski definition) is 1. The van der Waals surface area contributed by atoms with Crippen LogP contribution in [0.15, 0.2) is 28.7 Å². The lowest BCUT2D eigenvalue weighted by atomic mass is 9.88. The van der Waals surface area contributed by atoms with Crippen LogP contribution in [0.4, 0.5) is 0 Å². The molecule has 0 amide bonds. The third-order valence-corrected chi connectivity index (χ3v) is 5.32. The normalized spacial score (nSPS) is 21.2. The first-order chi connectivity index (χ1) is 9.79. The molecule has 1 N–H and O–H groups in total. The first kappa shape index (κ1) is 14.6. The van der Waals surface area contributed by atoms with Crippen LogP contribution >= 0.6 is 15.9 Å². The molecule has 1 unspecified atom stereocenters. The van der Waals surface area contributed by atoms with Crippen LogP contribution in [-0.4, -0.2) is 12.6 Å². The Hall–Kier alpha value is -0.340. The summed E-state index contributed by atoms with van der Waals surface area (Å²) in [6, 6.07) is 9.70. The van der Waals surface area contributed by atoms with Gasteiger partial charge in [-0.1, -0.05) is 53.7 Å². The second-order valence-corrected chi connectivity index (χ2v) is 7.68. The molecule has 2 aliphatic carbocycles. The summed E-state index contributed by atoms with van der Waals surface area (Å²) in [5, 5.41) is 3.75. The highest BCUT2D eigenvalue weighted by atomic mass is 79.9. The van der Waals surface area contributed by atoms with Crippen LogP contribution in [0.2, 0.25) is 0 Å². The Bertz CT molecular complexity index is 421. The van der Waals surface area contributed by atoms with E-state index in [0.29, 0.717) is 0 Å². The predicted octanol–water partition coefficient (Wildman–Crippen LogP) is 4.94. The van der Waals surface area contributed by atoms with E-state index in [2.05, 4.69) is 45.5 Å². The smallest absolute Gasteiger partial charge is 0.0177 e. The van der Waals surface area contributed by atoms with Gasteiger partial charge < -0.3 is 5.32 Å². The quantitative estimate of drug-likeness (QED) is 0.744. The largest absolute Gasteiger partial charge is 0.314 e. The van der Waals surface area contributed by atoms with Crippen LogP contribution in [0.5, 0.6) is 0 Å². The van der Waals surface area contributed by atoms with Gasteiger partial charge in [-0.05, 0) is 61.8 Å². The first-order valence-corrected chi connectivity index (χ1v) is 9.07. The van der Waals surface area contributed by atoms with E-state index in [-0.39, 0.29) is 0 Å². The molecule has 0 aromatic heterocycles. The zero-order valence-corrected chi connectivity index (χ0v) is 13.9. The average molecular weight is 336 g/mol. The third-order valence-electron chi connectivity index (χ3n) is 4.83.